The Morgan fingerprint density at radius 1 is 1.26 bits per heavy atom. The number of hydrogen-bond donors (Lipinski definition) is 3. The molecule has 1 unspecified atom stereocenters. The number of carboxylic acid groups (broad SMARTS) is 1. The van der Waals surface area contributed by atoms with Crippen LogP contribution in [0, 0.1) is 11.3 Å². The van der Waals surface area contributed by atoms with Crippen LogP contribution in [0.3, 0.4) is 0 Å². The predicted molar refractivity (Wildman–Crippen MR) is 74.0 cm³/mol. The van der Waals surface area contributed by atoms with E-state index in [1.807, 2.05) is 0 Å². The van der Waals surface area contributed by atoms with Gasteiger partial charge in [0.25, 0.3) is 0 Å². The maximum Gasteiger partial charge on any atom is 0.326 e. The van der Waals surface area contributed by atoms with Crippen molar-refractivity contribution in [3.05, 3.63) is 0 Å². The van der Waals surface area contributed by atoms with Gasteiger partial charge in [-0.1, -0.05) is 40.5 Å². The second kappa shape index (κ2) is 6.26. The molecule has 0 spiro atoms. The van der Waals surface area contributed by atoms with Crippen LogP contribution >= 0.6 is 0 Å². The Morgan fingerprint density at radius 3 is 2.37 bits per heavy atom. The summed E-state index contributed by atoms with van der Waals surface area (Å²) >= 11 is 0. The summed E-state index contributed by atoms with van der Waals surface area (Å²) in [5.41, 5.74) is 0.0755. The molecule has 5 heteroatoms. The molecule has 0 aromatic carbocycles. The van der Waals surface area contributed by atoms with Crippen LogP contribution < -0.4 is 10.6 Å². The van der Waals surface area contributed by atoms with Crippen molar-refractivity contribution in [1.82, 2.24) is 10.6 Å². The van der Waals surface area contributed by atoms with Gasteiger partial charge in [-0.05, 0) is 24.2 Å². The fraction of sp³-hybridized carbons (Fsp3) is 0.857. The summed E-state index contributed by atoms with van der Waals surface area (Å²) in [7, 11) is 0. The van der Waals surface area contributed by atoms with Gasteiger partial charge in [0.1, 0.15) is 6.04 Å². The summed E-state index contributed by atoms with van der Waals surface area (Å²) in [5, 5.41) is 14.5. The normalized spacial score (nSPS) is 23.7. The van der Waals surface area contributed by atoms with Crippen molar-refractivity contribution in [2.45, 2.75) is 65.5 Å². The van der Waals surface area contributed by atoms with Crippen molar-refractivity contribution in [1.29, 1.82) is 0 Å². The molecular formula is C14H26N2O3. The minimum atomic E-state index is -0.993. The number of nitrogens with one attached hydrogen (secondary N) is 2. The first kappa shape index (κ1) is 15.8. The van der Waals surface area contributed by atoms with Gasteiger partial charge in [0, 0.05) is 6.04 Å². The number of amides is 2. The van der Waals surface area contributed by atoms with Gasteiger partial charge in [-0.3, -0.25) is 0 Å². The molecule has 0 saturated heterocycles. The number of carboxylic acids is 1. The average Bonchev–Trinajstić information content (AvgIpc) is 2.28. The van der Waals surface area contributed by atoms with Gasteiger partial charge >= 0.3 is 12.0 Å². The summed E-state index contributed by atoms with van der Waals surface area (Å²) < 4.78 is 0. The summed E-state index contributed by atoms with van der Waals surface area (Å²) in [6.45, 7) is 7.86. The molecule has 1 rings (SSSR count). The van der Waals surface area contributed by atoms with Crippen molar-refractivity contribution in [3.8, 4) is 0 Å². The molecule has 0 heterocycles. The van der Waals surface area contributed by atoms with Gasteiger partial charge in [0.05, 0.1) is 0 Å². The van der Waals surface area contributed by atoms with E-state index in [9.17, 15) is 9.59 Å². The Kier molecular flexibility index (Phi) is 5.20. The zero-order valence-electron chi connectivity index (χ0n) is 12.3. The zero-order chi connectivity index (χ0) is 14.6. The standard InChI is InChI=1S/C14H26N2O3/c1-9(2)11(12(17)18)16-13(19)15-10-7-5-6-8-14(10,3)4/h9-11H,5-8H2,1-4H3,(H,17,18)(H2,15,16,19)/t10?,11-/m0/s1. The molecule has 1 aliphatic rings. The third-order valence-electron chi connectivity index (χ3n) is 4.03. The Bertz CT molecular complexity index is 340. The van der Waals surface area contributed by atoms with E-state index in [4.69, 9.17) is 5.11 Å². The van der Waals surface area contributed by atoms with Gasteiger partial charge in [-0.15, -0.1) is 0 Å². The van der Waals surface area contributed by atoms with E-state index in [0.717, 1.165) is 19.3 Å². The summed E-state index contributed by atoms with van der Waals surface area (Å²) in [5.74, 6) is -1.13. The van der Waals surface area contributed by atoms with Gasteiger partial charge in [0.15, 0.2) is 0 Å². The Labute approximate surface area is 115 Å². The van der Waals surface area contributed by atoms with E-state index >= 15 is 0 Å². The molecule has 110 valence electrons. The fourth-order valence-corrected chi connectivity index (χ4v) is 2.62. The number of carbonyl (C=O) groups is 2. The first-order chi connectivity index (χ1) is 8.74. The topological polar surface area (TPSA) is 78.4 Å². The summed E-state index contributed by atoms with van der Waals surface area (Å²) in [6, 6.07) is -1.10. The molecule has 1 saturated carbocycles. The second-order valence-electron chi connectivity index (χ2n) is 6.46. The number of carbonyl (C=O) groups excluding carboxylic acids is 1. The maximum atomic E-state index is 11.9. The van der Waals surface area contributed by atoms with Crippen molar-refractivity contribution < 1.29 is 14.7 Å². The van der Waals surface area contributed by atoms with Gasteiger partial charge in [-0.2, -0.15) is 0 Å². The second-order valence-corrected chi connectivity index (χ2v) is 6.46. The first-order valence-electron chi connectivity index (χ1n) is 7.04. The highest BCUT2D eigenvalue weighted by Gasteiger charge is 2.34. The number of urea groups is 1. The van der Waals surface area contributed by atoms with E-state index in [-0.39, 0.29) is 23.4 Å². The lowest BCUT2D eigenvalue weighted by Crippen LogP contribution is -2.54. The molecule has 1 aliphatic carbocycles. The third kappa shape index (κ3) is 4.40. The highest BCUT2D eigenvalue weighted by molar-refractivity contribution is 5.82. The molecule has 0 aromatic rings. The molecule has 0 bridgehead atoms. The van der Waals surface area contributed by atoms with Crippen LogP contribution in [0.1, 0.15) is 53.4 Å². The molecule has 3 N–H and O–H groups in total. The molecule has 0 aromatic heterocycles. The molecule has 1 fully saturated rings. The zero-order valence-corrected chi connectivity index (χ0v) is 12.3. The Morgan fingerprint density at radius 2 is 1.89 bits per heavy atom. The SMILES string of the molecule is CC(C)[C@H](NC(=O)NC1CCCCC1(C)C)C(=O)O. The fourth-order valence-electron chi connectivity index (χ4n) is 2.62. The summed E-state index contributed by atoms with van der Waals surface area (Å²) in [4.78, 5) is 23.0. The number of aliphatic carboxylic acids is 1. The molecule has 2 amide bonds. The monoisotopic (exact) mass is 270 g/mol. The van der Waals surface area contributed by atoms with Crippen LogP contribution in [-0.4, -0.2) is 29.2 Å². The average molecular weight is 270 g/mol. The van der Waals surface area contributed by atoms with Gasteiger partial charge in [-0.25, -0.2) is 9.59 Å². The molecule has 5 nitrogen and oxygen atoms in total. The Balaban J connectivity index is 2.56. The van der Waals surface area contributed by atoms with Crippen LogP contribution in [0.15, 0.2) is 0 Å². The largest absolute Gasteiger partial charge is 0.480 e. The van der Waals surface area contributed by atoms with Crippen LogP contribution in [0.25, 0.3) is 0 Å². The lowest BCUT2D eigenvalue weighted by atomic mass is 9.73. The third-order valence-corrected chi connectivity index (χ3v) is 4.03. The smallest absolute Gasteiger partial charge is 0.326 e. The van der Waals surface area contributed by atoms with E-state index in [2.05, 4.69) is 24.5 Å². The quantitative estimate of drug-likeness (QED) is 0.733. The summed E-state index contributed by atoms with van der Waals surface area (Å²) in [6.07, 6.45) is 4.35. The van der Waals surface area contributed by atoms with E-state index in [1.54, 1.807) is 13.8 Å². The van der Waals surface area contributed by atoms with Crippen LogP contribution in [0.5, 0.6) is 0 Å². The number of hydrogen-bond acceptors (Lipinski definition) is 2. The van der Waals surface area contributed by atoms with Crippen LogP contribution in [-0.2, 0) is 4.79 Å². The minimum absolute atomic E-state index is 0.0755. The predicted octanol–water partition coefficient (Wildman–Crippen LogP) is 2.36. The Hall–Kier alpha value is -1.26. The molecule has 0 radical (unpaired) electrons. The van der Waals surface area contributed by atoms with Crippen LogP contribution in [0.2, 0.25) is 0 Å². The van der Waals surface area contributed by atoms with Gasteiger partial charge in [0.2, 0.25) is 0 Å². The molecule has 0 aliphatic heterocycles. The molecule has 19 heavy (non-hydrogen) atoms. The highest BCUT2D eigenvalue weighted by Crippen LogP contribution is 2.35. The van der Waals surface area contributed by atoms with E-state index in [0.29, 0.717) is 0 Å². The van der Waals surface area contributed by atoms with Crippen molar-refractivity contribution in [3.63, 3.8) is 0 Å². The van der Waals surface area contributed by atoms with Crippen molar-refractivity contribution in [2.24, 2.45) is 11.3 Å². The highest BCUT2D eigenvalue weighted by atomic mass is 16.4. The van der Waals surface area contributed by atoms with Crippen LogP contribution in [0.4, 0.5) is 4.79 Å². The lowest BCUT2D eigenvalue weighted by molar-refractivity contribution is -0.140. The molecular weight excluding hydrogens is 244 g/mol. The minimum Gasteiger partial charge on any atom is -0.480 e. The maximum absolute atomic E-state index is 11.9. The van der Waals surface area contributed by atoms with Crippen molar-refractivity contribution in [2.75, 3.05) is 0 Å². The first-order valence-corrected chi connectivity index (χ1v) is 7.04. The van der Waals surface area contributed by atoms with E-state index < -0.39 is 12.0 Å². The number of rotatable bonds is 4. The molecule has 2 atom stereocenters. The van der Waals surface area contributed by atoms with E-state index in [1.165, 1.54) is 6.42 Å². The van der Waals surface area contributed by atoms with Gasteiger partial charge < -0.3 is 15.7 Å². The van der Waals surface area contributed by atoms with Crippen molar-refractivity contribution >= 4 is 12.0 Å². The lowest BCUT2D eigenvalue weighted by Gasteiger charge is -2.39.